The molecule has 2 rings (SSSR count). The molecule has 4 heteroatoms. The van der Waals surface area contributed by atoms with Crippen molar-refractivity contribution in [3.05, 3.63) is 65.7 Å². The van der Waals surface area contributed by atoms with Crippen LogP contribution in [0.3, 0.4) is 0 Å². The van der Waals surface area contributed by atoms with Crippen molar-refractivity contribution < 1.29 is 19.4 Å². The van der Waals surface area contributed by atoms with Crippen molar-refractivity contribution in [1.29, 1.82) is 0 Å². The van der Waals surface area contributed by atoms with Crippen LogP contribution < -0.4 is 4.74 Å². The molecule has 0 aromatic heterocycles. The Bertz CT molecular complexity index is 590. The van der Waals surface area contributed by atoms with E-state index in [2.05, 4.69) is 4.74 Å². The molecule has 0 aliphatic carbocycles. The summed E-state index contributed by atoms with van der Waals surface area (Å²) in [5.41, 5.74) is 1.14. The summed E-state index contributed by atoms with van der Waals surface area (Å²) < 4.78 is 4.60. The molecule has 4 nitrogen and oxygen atoms in total. The lowest BCUT2D eigenvalue weighted by molar-refractivity contribution is 0.0989. The smallest absolute Gasteiger partial charge is 0.449 e. The van der Waals surface area contributed by atoms with Crippen molar-refractivity contribution in [1.82, 2.24) is 0 Å². The van der Waals surface area contributed by atoms with Gasteiger partial charge >= 0.3 is 6.16 Å². The summed E-state index contributed by atoms with van der Waals surface area (Å²) in [6, 6.07) is 15.6. The van der Waals surface area contributed by atoms with Crippen LogP contribution in [0.2, 0.25) is 0 Å². The SMILES string of the molecule is O=C(O)Oc1ccccc1C(=O)Cc1ccccc1. The summed E-state index contributed by atoms with van der Waals surface area (Å²) in [7, 11) is 0. The molecule has 0 radical (unpaired) electrons. The number of benzene rings is 2. The monoisotopic (exact) mass is 256 g/mol. The normalized spacial score (nSPS) is 9.89. The van der Waals surface area contributed by atoms with Crippen LogP contribution in [-0.2, 0) is 6.42 Å². The number of rotatable bonds is 4. The summed E-state index contributed by atoms with van der Waals surface area (Å²) >= 11 is 0. The van der Waals surface area contributed by atoms with Crippen molar-refractivity contribution in [2.24, 2.45) is 0 Å². The third kappa shape index (κ3) is 3.42. The van der Waals surface area contributed by atoms with Gasteiger partial charge in [0.05, 0.1) is 5.56 Å². The quantitative estimate of drug-likeness (QED) is 0.518. The molecule has 2 aromatic rings. The lowest BCUT2D eigenvalue weighted by Gasteiger charge is -2.07. The zero-order valence-electron chi connectivity index (χ0n) is 10.1. The molecule has 0 heterocycles. The summed E-state index contributed by atoms with van der Waals surface area (Å²) in [5.74, 6) is -0.112. The van der Waals surface area contributed by atoms with Crippen molar-refractivity contribution >= 4 is 11.9 Å². The van der Waals surface area contributed by atoms with Crippen LogP contribution in [0.15, 0.2) is 54.6 Å². The highest BCUT2D eigenvalue weighted by Crippen LogP contribution is 2.20. The highest BCUT2D eigenvalue weighted by Gasteiger charge is 2.14. The molecule has 0 spiro atoms. The second-order valence-electron chi connectivity index (χ2n) is 3.95. The third-order valence-electron chi connectivity index (χ3n) is 2.59. The Kier molecular flexibility index (Phi) is 3.93. The number of ether oxygens (including phenoxy) is 1. The van der Waals surface area contributed by atoms with Gasteiger partial charge in [0, 0.05) is 6.42 Å². The highest BCUT2D eigenvalue weighted by molar-refractivity contribution is 6.00. The number of para-hydroxylation sites is 1. The Labute approximate surface area is 110 Å². The van der Waals surface area contributed by atoms with Crippen LogP contribution in [0.25, 0.3) is 0 Å². The molecule has 0 saturated heterocycles. The van der Waals surface area contributed by atoms with E-state index in [1.54, 1.807) is 18.2 Å². The van der Waals surface area contributed by atoms with E-state index in [9.17, 15) is 9.59 Å². The number of carbonyl (C=O) groups excluding carboxylic acids is 1. The second-order valence-corrected chi connectivity index (χ2v) is 3.95. The number of hydrogen-bond donors (Lipinski definition) is 1. The van der Waals surface area contributed by atoms with Crippen LogP contribution in [0.4, 0.5) is 4.79 Å². The number of Topliss-reactive ketones (excluding diaryl/α,β-unsaturated/α-hetero) is 1. The minimum Gasteiger partial charge on any atom is -0.449 e. The number of hydrogen-bond acceptors (Lipinski definition) is 3. The fraction of sp³-hybridized carbons (Fsp3) is 0.0667. The maximum Gasteiger partial charge on any atom is 0.511 e. The molecule has 0 saturated carbocycles. The van der Waals surface area contributed by atoms with Gasteiger partial charge in [0.15, 0.2) is 5.78 Å². The van der Waals surface area contributed by atoms with Crippen molar-refractivity contribution in [3.63, 3.8) is 0 Å². The second kappa shape index (κ2) is 5.82. The maximum absolute atomic E-state index is 12.1. The molecule has 96 valence electrons. The third-order valence-corrected chi connectivity index (χ3v) is 2.59. The number of ketones is 1. The molecule has 0 aliphatic heterocycles. The van der Waals surface area contributed by atoms with Crippen molar-refractivity contribution in [2.75, 3.05) is 0 Å². The van der Waals surface area contributed by atoms with Crippen LogP contribution in [0, 0.1) is 0 Å². The lowest BCUT2D eigenvalue weighted by Crippen LogP contribution is -2.10. The zero-order chi connectivity index (χ0) is 13.7. The molecule has 0 atom stereocenters. The molecular weight excluding hydrogens is 244 g/mol. The van der Waals surface area contributed by atoms with Gasteiger partial charge < -0.3 is 9.84 Å². The molecule has 0 unspecified atom stereocenters. The predicted octanol–water partition coefficient (Wildman–Crippen LogP) is 3.17. The Morgan fingerprint density at radius 3 is 2.26 bits per heavy atom. The lowest BCUT2D eigenvalue weighted by atomic mass is 10.0. The molecule has 1 N–H and O–H groups in total. The first-order chi connectivity index (χ1) is 9.16. The van der Waals surface area contributed by atoms with Crippen LogP contribution >= 0.6 is 0 Å². The van der Waals surface area contributed by atoms with E-state index < -0.39 is 6.16 Å². The Morgan fingerprint density at radius 1 is 0.947 bits per heavy atom. The van der Waals surface area contributed by atoms with E-state index in [4.69, 9.17) is 5.11 Å². The number of carbonyl (C=O) groups is 2. The summed E-state index contributed by atoms with van der Waals surface area (Å²) in [5, 5.41) is 8.63. The Balaban J connectivity index is 2.21. The fourth-order valence-corrected chi connectivity index (χ4v) is 1.76. The Hall–Kier alpha value is -2.62. The molecule has 0 aliphatic rings. The summed E-state index contributed by atoms with van der Waals surface area (Å²) in [6.07, 6.45) is -1.22. The van der Waals surface area contributed by atoms with Crippen LogP contribution in [-0.4, -0.2) is 17.0 Å². The average Bonchev–Trinajstić information content (AvgIpc) is 2.39. The van der Waals surface area contributed by atoms with Crippen molar-refractivity contribution in [2.45, 2.75) is 6.42 Å². The van der Waals surface area contributed by atoms with E-state index in [1.807, 2.05) is 30.3 Å². The molecule has 19 heavy (non-hydrogen) atoms. The first kappa shape index (κ1) is 12.8. The van der Waals surface area contributed by atoms with Gasteiger partial charge in [-0.1, -0.05) is 42.5 Å². The van der Waals surface area contributed by atoms with Gasteiger partial charge in [-0.15, -0.1) is 0 Å². The summed E-state index contributed by atoms with van der Waals surface area (Å²) in [4.78, 5) is 22.7. The molecular formula is C15H12O4. The molecule has 0 fully saturated rings. The first-order valence-corrected chi connectivity index (χ1v) is 5.74. The average molecular weight is 256 g/mol. The maximum atomic E-state index is 12.1. The van der Waals surface area contributed by atoms with Crippen molar-refractivity contribution in [3.8, 4) is 5.75 Å². The van der Waals surface area contributed by atoms with Gasteiger partial charge in [0.2, 0.25) is 0 Å². The molecule has 2 aromatic carbocycles. The largest absolute Gasteiger partial charge is 0.511 e. The highest BCUT2D eigenvalue weighted by atomic mass is 16.7. The van der Waals surface area contributed by atoms with E-state index in [-0.39, 0.29) is 23.5 Å². The van der Waals surface area contributed by atoms with Crippen LogP contribution in [0.1, 0.15) is 15.9 Å². The van der Waals surface area contributed by atoms with Gasteiger partial charge in [0.1, 0.15) is 5.75 Å². The van der Waals surface area contributed by atoms with E-state index in [0.717, 1.165) is 5.56 Å². The zero-order valence-corrected chi connectivity index (χ0v) is 10.1. The topological polar surface area (TPSA) is 63.6 Å². The standard InChI is InChI=1S/C15H12O4/c16-13(10-11-6-2-1-3-7-11)12-8-4-5-9-14(12)19-15(17)18/h1-9H,10H2,(H,17,18). The minimum atomic E-state index is -1.43. The van der Waals surface area contributed by atoms with Gasteiger partial charge in [0.25, 0.3) is 0 Å². The van der Waals surface area contributed by atoms with Gasteiger partial charge in [-0.25, -0.2) is 4.79 Å². The number of carboxylic acid groups (broad SMARTS) is 1. The Morgan fingerprint density at radius 2 is 1.58 bits per heavy atom. The fourth-order valence-electron chi connectivity index (χ4n) is 1.76. The van der Waals surface area contributed by atoms with E-state index in [0.29, 0.717) is 0 Å². The summed E-state index contributed by atoms with van der Waals surface area (Å²) in [6.45, 7) is 0. The van der Waals surface area contributed by atoms with Gasteiger partial charge in [-0.2, -0.15) is 0 Å². The van der Waals surface area contributed by atoms with E-state index >= 15 is 0 Å². The van der Waals surface area contributed by atoms with Gasteiger partial charge in [-0.05, 0) is 17.7 Å². The first-order valence-electron chi connectivity index (χ1n) is 5.74. The van der Waals surface area contributed by atoms with Crippen LogP contribution in [0.5, 0.6) is 5.75 Å². The predicted molar refractivity (Wildman–Crippen MR) is 69.6 cm³/mol. The minimum absolute atomic E-state index is 0.0657. The van der Waals surface area contributed by atoms with Gasteiger partial charge in [-0.3, -0.25) is 4.79 Å². The molecule has 0 amide bonds. The van der Waals surface area contributed by atoms with E-state index in [1.165, 1.54) is 6.07 Å². The molecule has 0 bridgehead atoms.